The van der Waals surface area contributed by atoms with Crippen molar-refractivity contribution < 1.29 is 27.7 Å². The van der Waals surface area contributed by atoms with Crippen LogP contribution in [0.3, 0.4) is 0 Å². The summed E-state index contributed by atoms with van der Waals surface area (Å²) < 4.78 is 43.0. The highest BCUT2D eigenvalue weighted by molar-refractivity contribution is 7.83. The second kappa shape index (κ2) is 8.89. The first kappa shape index (κ1) is 21.7. The van der Waals surface area contributed by atoms with E-state index in [2.05, 4.69) is 4.94 Å². The molecule has 1 aromatic heterocycles. The number of carbonyl (C=O) groups excluding carboxylic acids is 1. The van der Waals surface area contributed by atoms with Gasteiger partial charge in [-0.05, 0) is 48.5 Å². The Kier molecular flexibility index (Phi) is 6.02. The molecule has 0 aliphatic carbocycles. The molecule has 6 nitrogen and oxygen atoms in total. The maximum absolute atomic E-state index is 14.8. The average molecular weight is 456 g/mol. The summed E-state index contributed by atoms with van der Waals surface area (Å²) in [6.07, 6.45) is 0. The van der Waals surface area contributed by atoms with E-state index in [1.807, 2.05) is 0 Å². The van der Waals surface area contributed by atoms with Crippen LogP contribution in [-0.4, -0.2) is 33.3 Å². The van der Waals surface area contributed by atoms with Crippen molar-refractivity contribution in [3.63, 3.8) is 0 Å². The zero-order valence-corrected chi connectivity index (χ0v) is 17.9. The molecule has 4 rings (SSSR count). The summed E-state index contributed by atoms with van der Waals surface area (Å²) in [5, 5.41) is 1.57. The van der Waals surface area contributed by atoms with Gasteiger partial charge in [-0.15, -0.1) is 0 Å². The fraction of sp³-hybridized carbons (Fsp3) is 0.0870. The quantitative estimate of drug-likeness (QED) is 0.387. The lowest BCUT2D eigenvalue weighted by molar-refractivity contribution is -0.0756. The summed E-state index contributed by atoms with van der Waals surface area (Å²) in [6.45, 7) is 0. The second-order valence-corrected chi connectivity index (χ2v) is 8.17. The molecule has 0 bridgehead atoms. The maximum Gasteiger partial charge on any atom is 0.277 e. The van der Waals surface area contributed by atoms with E-state index in [-0.39, 0.29) is 17.0 Å². The number of halogens is 2. The van der Waals surface area contributed by atoms with Crippen molar-refractivity contribution in [2.75, 3.05) is 14.2 Å². The molecule has 164 valence electrons. The number of hydroxylamine groups is 2. The third kappa shape index (κ3) is 3.76. The van der Waals surface area contributed by atoms with Crippen LogP contribution < -0.4 is 4.94 Å². The number of fused-ring (bicyclic) bond motifs is 1. The van der Waals surface area contributed by atoms with Crippen LogP contribution >= 0.6 is 0 Å². The predicted molar refractivity (Wildman–Crippen MR) is 116 cm³/mol. The lowest BCUT2D eigenvalue weighted by Crippen LogP contribution is -2.25. The van der Waals surface area contributed by atoms with Gasteiger partial charge in [0.05, 0.1) is 28.8 Å². The smallest absolute Gasteiger partial charge is 0.277 e. The van der Waals surface area contributed by atoms with Crippen LogP contribution in [0.1, 0.15) is 10.4 Å². The van der Waals surface area contributed by atoms with E-state index in [1.54, 1.807) is 54.6 Å². The fourth-order valence-corrected chi connectivity index (χ4v) is 4.67. The number of hydrogen-bond acceptors (Lipinski definition) is 4. The molecule has 0 spiro atoms. The van der Waals surface area contributed by atoms with Gasteiger partial charge in [0, 0.05) is 22.5 Å². The Morgan fingerprint density at radius 2 is 1.78 bits per heavy atom. The van der Waals surface area contributed by atoms with E-state index >= 15 is 0 Å². The van der Waals surface area contributed by atoms with Gasteiger partial charge in [-0.3, -0.25) is 18.5 Å². The van der Waals surface area contributed by atoms with Gasteiger partial charge in [-0.1, -0.05) is 24.3 Å². The maximum atomic E-state index is 14.8. The number of carbonyl (C=O) groups is 1. The van der Waals surface area contributed by atoms with E-state index in [0.29, 0.717) is 21.4 Å². The van der Waals surface area contributed by atoms with Crippen LogP contribution in [0.25, 0.3) is 22.2 Å². The standard InChI is InChI=1S/C23H18F2N2O4S/c1-26(30-2)23(28)15-11-12-19-16(13-15)14-20(22-18(24)9-6-10-21(22)31-25)27(19)32(29)17-7-4-3-5-8-17/h3-14H,1-2H3. The number of aromatic nitrogens is 1. The monoisotopic (exact) mass is 456 g/mol. The Morgan fingerprint density at radius 1 is 1.03 bits per heavy atom. The summed E-state index contributed by atoms with van der Waals surface area (Å²) in [7, 11) is 1.04. The molecular weight excluding hydrogens is 438 g/mol. The lowest BCUT2D eigenvalue weighted by Gasteiger charge is -2.14. The predicted octanol–water partition coefficient (Wildman–Crippen LogP) is 4.92. The van der Waals surface area contributed by atoms with Crippen LogP contribution in [0.15, 0.2) is 77.7 Å². The Morgan fingerprint density at radius 3 is 2.47 bits per heavy atom. The molecule has 0 fully saturated rings. The third-order valence-electron chi connectivity index (χ3n) is 4.99. The first-order valence-electron chi connectivity index (χ1n) is 9.48. The highest BCUT2D eigenvalue weighted by Crippen LogP contribution is 2.38. The van der Waals surface area contributed by atoms with Gasteiger partial charge in [-0.2, -0.15) is 0 Å². The first-order chi connectivity index (χ1) is 15.5. The van der Waals surface area contributed by atoms with E-state index in [0.717, 1.165) is 11.1 Å². The Labute approximate surface area is 185 Å². The van der Waals surface area contributed by atoms with Crippen LogP contribution in [0.4, 0.5) is 8.92 Å². The Bertz CT molecular complexity index is 1320. The van der Waals surface area contributed by atoms with Gasteiger partial charge in [0.25, 0.3) is 5.91 Å². The molecule has 1 atom stereocenters. The minimum Gasteiger partial charge on any atom is -0.294 e. The first-order valence-corrected chi connectivity index (χ1v) is 10.6. The van der Waals surface area contributed by atoms with Crippen LogP contribution in [0.5, 0.6) is 5.75 Å². The van der Waals surface area contributed by atoms with E-state index in [1.165, 1.54) is 30.3 Å². The molecule has 0 aliphatic rings. The Balaban J connectivity index is 2.00. The molecule has 1 amide bonds. The zero-order valence-electron chi connectivity index (χ0n) is 17.1. The van der Waals surface area contributed by atoms with Gasteiger partial charge in [0.2, 0.25) is 0 Å². The van der Waals surface area contributed by atoms with Crippen LogP contribution in [0.2, 0.25) is 0 Å². The van der Waals surface area contributed by atoms with E-state index < -0.39 is 22.7 Å². The van der Waals surface area contributed by atoms with Crippen molar-refractivity contribution in [2.45, 2.75) is 4.90 Å². The minimum atomic E-state index is -1.80. The largest absolute Gasteiger partial charge is 0.294 e. The van der Waals surface area contributed by atoms with Crippen molar-refractivity contribution >= 4 is 27.8 Å². The molecular formula is C23H18F2N2O4S. The number of rotatable bonds is 6. The molecule has 32 heavy (non-hydrogen) atoms. The van der Waals surface area contributed by atoms with Crippen LogP contribution in [0, 0.1) is 5.82 Å². The summed E-state index contributed by atoms with van der Waals surface area (Å²) in [4.78, 5) is 21.8. The van der Waals surface area contributed by atoms with Gasteiger partial charge < -0.3 is 0 Å². The van der Waals surface area contributed by atoms with Crippen molar-refractivity contribution in [1.82, 2.24) is 9.04 Å². The summed E-state index contributed by atoms with van der Waals surface area (Å²) >= 11 is 0. The molecule has 9 heteroatoms. The number of nitrogens with zero attached hydrogens (tertiary/aromatic N) is 2. The second-order valence-electron chi connectivity index (χ2n) is 6.84. The molecule has 3 aromatic carbocycles. The van der Waals surface area contributed by atoms with Crippen molar-refractivity contribution in [3.05, 3.63) is 84.2 Å². The lowest BCUT2D eigenvalue weighted by atomic mass is 10.1. The average Bonchev–Trinajstić information content (AvgIpc) is 3.20. The molecule has 1 heterocycles. The topological polar surface area (TPSA) is 60.8 Å². The third-order valence-corrected chi connectivity index (χ3v) is 6.39. The summed E-state index contributed by atoms with van der Waals surface area (Å²) in [6, 6.07) is 18.6. The molecule has 0 saturated heterocycles. The Hall–Kier alpha value is -3.56. The van der Waals surface area contributed by atoms with Gasteiger partial charge in [-0.25, -0.2) is 13.7 Å². The molecule has 0 saturated carbocycles. The molecule has 0 aliphatic heterocycles. The highest BCUT2D eigenvalue weighted by Gasteiger charge is 2.24. The van der Waals surface area contributed by atoms with Gasteiger partial charge in [0.15, 0.2) is 16.7 Å². The van der Waals surface area contributed by atoms with Crippen LogP contribution in [-0.2, 0) is 15.8 Å². The summed E-state index contributed by atoms with van der Waals surface area (Å²) in [5.41, 5.74) is 0.730. The number of benzene rings is 3. The molecule has 1 unspecified atom stereocenters. The normalized spacial score (nSPS) is 12.0. The number of amides is 1. The molecule has 4 aromatic rings. The molecule has 0 radical (unpaired) electrons. The van der Waals surface area contributed by atoms with E-state index in [4.69, 9.17) is 4.84 Å². The zero-order chi connectivity index (χ0) is 22.8. The van der Waals surface area contributed by atoms with E-state index in [9.17, 15) is 17.9 Å². The highest BCUT2D eigenvalue weighted by atomic mass is 32.2. The van der Waals surface area contributed by atoms with Crippen molar-refractivity contribution in [3.8, 4) is 17.0 Å². The van der Waals surface area contributed by atoms with Crippen molar-refractivity contribution in [1.29, 1.82) is 0 Å². The minimum absolute atomic E-state index is 0.137. The number of hydrogen-bond donors (Lipinski definition) is 0. The molecule has 0 N–H and O–H groups in total. The summed E-state index contributed by atoms with van der Waals surface area (Å²) in [5.74, 6) is -1.49. The van der Waals surface area contributed by atoms with Crippen molar-refractivity contribution in [2.24, 2.45) is 0 Å². The van der Waals surface area contributed by atoms with Gasteiger partial charge in [0.1, 0.15) is 5.82 Å². The fourth-order valence-electron chi connectivity index (χ4n) is 3.40. The SMILES string of the molecule is CON(C)C(=O)c1ccc2c(c1)cc(-c1c(F)cccc1OF)n2S(=O)c1ccccc1. The van der Waals surface area contributed by atoms with Gasteiger partial charge >= 0.3 is 0 Å².